The van der Waals surface area contributed by atoms with Gasteiger partial charge in [-0.2, -0.15) is 0 Å². The van der Waals surface area contributed by atoms with E-state index in [4.69, 9.17) is 0 Å². The van der Waals surface area contributed by atoms with Crippen molar-refractivity contribution in [1.29, 1.82) is 0 Å². The number of anilines is 1. The lowest BCUT2D eigenvalue weighted by molar-refractivity contribution is -0.141. The molecule has 1 atom stereocenters. The molecule has 0 aliphatic carbocycles. The highest BCUT2D eigenvalue weighted by Crippen LogP contribution is 2.23. The van der Waals surface area contributed by atoms with Crippen molar-refractivity contribution in [3.8, 4) is 0 Å². The van der Waals surface area contributed by atoms with Gasteiger partial charge in [-0.05, 0) is 68.5 Å². The first-order valence-corrected chi connectivity index (χ1v) is 15.6. The second-order valence-electron chi connectivity index (χ2n) is 10.4. The fourth-order valence-corrected chi connectivity index (χ4v) is 5.90. The Morgan fingerprint density at radius 2 is 1.50 bits per heavy atom. The quantitative estimate of drug-likeness (QED) is 0.319. The van der Waals surface area contributed by atoms with Gasteiger partial charge >= 0.3 is 0 Å². The molecule has 8 heteroatoms. The number of carbonyl (C=O) groups excluding carboxylic acids is 2. The van der Waals surface area contributed by atoms with Crippen molar-refractivity contribution < 1.29 is 18.0 Å². The number of amides is 2. The van der Waals surface area contributed by atoms with Crippen LogP contribution in [0.3, 0.4) is 0 Å². The van der Waals surface area contributed by atoms with Crippen molar-refractivity contribution in [1.82, 2.24) is 10.2 Å². The number of likely N-dealkylation sites (N-methyl/N-ethyl adjacent to an activating group) is 1. The van der Waals surface area contributed by atoms with E-state index in [1.807, 2.05) is 100 Å². The van der Waals surface area contributed by atoms with Crippen LogP contribution in [0.15, 0.2) is 72.8 Å². The number of sulfonamides is 1. The van der Waals surface area contributed by atoms with Gasteiger partial charge in [0.2, 0.25) is 21.8 Å². The van der Waals surface area contributed by atoms with E-state index < -0.39 is 16.1 Å². The minimum atomic E-state index is -3.56. The molecule has 0 saturated carbocycles. The van der Waals surface area contributed by atoms with E-state index >= 15 is 0 Å². The Bertz CT molecular complexity index is 1390. The molecule has 0 heterocycles. The molecule has 214 valence electrons. The van der Waals surface area contributed by atoms with E-state index in [0.29, 0.717) is 25.1 Å². The highest BCUT2D eigenvalue weighted by atomic mass is 32.2. The van der Waals surface area contributed by atoms with Crippen LogP contribution in [0.4, 0.5) is 5.69 Å². The number of nitrogens with one attached hydrogen (secondary N) is 1. The predicted molar refractivity (Wildman–Crippen MR) is 162 cm³/mol. The highest BCUT2D eigenvalue weighted by molar-refractivity contribution is 7.92. The van der Waals surface area contributed by atoms with Crippen molar-refractivity contribution in [3.63, 3.8) is 0 Å². The third-order valence-corrected chi connectivity index (χ3v) is 7.90. The second-order valence-corrected chi connectivity index (χ2v) is 12.3. The third-order valence-electron chi connectivity index (χ3n) is 6.70. The lowest BCUT2D eigenvalue weighted by Crippen LogP contribution is -2.50. The Morgan fingerprint density at radius 3 is 2.10 bits per heavy atom. The minimum Gasteiger partial charge on any atom is -0.355 e. The Balaban J connectivity index is 1.87. The molecular weight excluding hydrogens is 522 g/mol. The van der Waals surface area contributed by atoms with Crippen LogP contribution in [0.5, 0.6) is 0 Å². The average molecular weight is 564 g/mol. The molecule has 2 amide bonds. The van der Waals surface area contributed by atoms with Gasteiger partial charge in [-0.3, -0.25) is 13.9 Å². The van der Waals surface area contributed by atoms with Crippen LogP contribution in [-0.4, -0.2) is 50.5 Å². The van der Waals surface area contributed by atoms with E-state index in [2.05, 4.69) is 5.32 Å². The Kier molecular flexibility index (Phi) is 10.9. The molecule has 0 radical (unpaired) electrons. The fraction of sp³-hybridized carbons (Fsp3) is 0.375. The number of rotatable bonds is 13. The van der Waals surface area contributed by atoms with Crippen molar-refractivity contribution in [2.24, 2.45) is 0 Å². The zero-order chi connectivity index (χ0) is 29.3. The van der Waals surface area contributed by atoms with Gasteiger partial charge in [0, 0.05) is 32.5 Å². The normalized spacial score (nSPS) is 12.0. The first-order valence-electron chi connectivity index (χ1n) is 13.7. The van der Waals surface area contributed by atoms with E-state index in [1.165, 1.54) is 10.6 Å². The summed E-state index contributed by atoms with van der Waals surface area (Å²) >= 11 is 0. The van der Waals surface area contributed by atoms with Crippen LogP contribution in [0, 0.1) is 20.8 Å². The molecular formula is C32H41N3O4S. The number of benzene rings is 3. The van der Waals surface area contributed by atoms with Crippen LogP contribution < -0.4 is 9.62 Å². The van der Waals surface area contributed by atoms with Gasteiger partial charge in [0.25, 0.3) is 0 Å². The monoisotopic (exact) mass is 563 g/mol. The Labute approximate surface area is 239 Å². The maximum absolute atomic E-state index is 13.8. The molecule has 3 aromatic carbocycles. The topological polar surface area (TPSA) is 86.8 Å². The van der Waals surface area contributed by atoms with Gasteiger partial charge in [0.15, 0.2) is 0 Å². The third kappa shape index (κ3) is 8.95. The van der Waals surface area contributed by atoms with Crippen molar-refractivity contribution in [3.05, 3.63) is 101 Å². The van der Waals surface area contributed by atoms with E-state index in [9.17, 15) is 18.0 Å². The maximum atomic E-state index is 13.8. The van der Waals surface area contributed by atoms with Crippen LogP contribution in [0.1, 0.15) is 47.6 Å². The van der Waals surface area contributed by atoms with Crippen molar-refractivity contribution in [2.75, 3.05) is 23.7 Å². The molecule has 0 saturated heterocycles. The standard InChI is InChI=1S/C32H41N3O4S/c1-6-33-32(37)30(22-27-13-8-7-9-14-27)34(23-28-15-10-12-24(2)19-28)31(36)16-11-17-35(40(5,38)39)29-20-25(3)18-26(4)21-29/h7-10,12-15,18-21,30H,6,11,16-17,22-23H2,1-5H3,(H,33,37)/t30-/m0/s1. The van der Waals surface area contributed by atoms with Gasteiger partial charge in [-0.15, -0.1) is 0 Å². The number of nitrogens with zero attached hydrogens (tertiary/aromatic N) is 2. The molecule has 0 aliphatic heterocycles. The highest BCUT2D eigenvalue weighted by Gasteiger charge is 2.30. The van der Waals surface area contributed by atoms with Crippen LogP contribution in [0.25, 0.3) is 0 Å². The molecule has 3 rings (SSSR count). The SMILES string of the molecule is CCNC(=O)[C@H](Cc1ccccc1)N(Cc1cccc(C)c1)C(=O)CCCN(c1cc(C)cc(C)c1)S(C)(=O)=O. The van der Waals surface area contributed by atoms with Gasteiger partial charge in [0.05, 0.1) is 11.9 Å². The molecule has 40 heavy (non-hydrogen) atoms. The van der Waals surface area contributed by atoms with Gasteiger partial charge in [-0.25, -0.2) is 8.42 Å². The van der Waals surface area contributed by atoms with Gasteiger partial charge in [-0.1, -0.05) is 66.2 Å². The Morgan fingerprint density at radius 1 is 0.850 bits per heavy atom. The number of hydrogen-bond donors (Lipinski definition) is 1. The summed E-state index contributed by atoms with van der Waals surface area (Å²) < 4.78 is 26.7. The molecule has 0 fully saturated rings. The smallest absolute Gasteiger partial charge is 0.243 e. The molecule has 0 bridgehead atoms. The first-order chi connectivity index (χ1) is 19.0. The molecule has 0 aromatic heterocycles. The number of aryl methyl sites for hydroxylation is 3. The number of hydrogen-bond acceptors (Lipinski definition) is 4. The van der Waals surface area contributed by atoms with Crippen molar-refractivity contribution >= 4 is 27.5 Å². The molecule has 0 aliphatic rings. The van der Waals surface area contributed by atoms with Gasteiger partial charge < -0.3 is 10.2 Å². The summed E-state index contributed by atoms with van der Waals surface area (Å²) in [5, 5.41) is 2.90. The zero-order valence-electron chi connectivity index (χ0n) is 24.2. The van der Waals surface area contributed by atoms with E-state index in [1.54, 1.807) is 4.90 Å². The molecule has 7 nitrogen and oxygen atoms in total. The summed E-state index contributed by atoms with van der Waals surface area (Å²) in [4.78, 5) is 28.8. The first kappa shape index (κ1) is 30.9. The van der Waals surface area contributed by atoms with Gasteiger partial charge in [0.1, 0.15) is 6.04 Å². The molecule has 0 unspecified atom stereocenters. The fourth-order valence-electron chi connectivity index (χ4n) is 4.95. The summed E-state index contributed by atoms with van der Waals surface area (Å²) in [6.07, 6.45) is 1.98. The van der Waals surface area contributed by atoms with E-state index in [0.717, 1.165) is 27.8 Å². The zero-order valence-corrected chi connectivity index (χ0v) is 25.0. The summed E-state index contributed by atoms with van der Waals surface area (Å²) in [5.74, 6) is -0.400. The summed E-state index contributed by atoms with van der Waals surface area (Å²) in [6.45, 7) is 8.61. The van der Waals surface area contributed by atoms with Crippen LogP contribution in [0.2, 0.25) is 0 Å². The summed E-state index contributed by atoms with van der Waals surface area (Å²) in [6, 6.07) is 22.5. The number of carbonyl (C=O) groups is 2. The van der Waals surface area contributed by atoms with E-state index in [-0.39, 0.29) is 31.3 Å². The largest absolute Gasteiger partial charge is 0.355 e. The maximum Gasteiger partial charge on any atom is 0.243 e. The summed E-state index contributed by atoms with van der Waals surface area (Å²) in [5.41, 5.74) is 5.49. The van der Waals surface area contributed by atoms with Crippen molar-refractivity contribution in [2.45, 2.75) is 59.5 Å². The lowest BCUT2D eigenvalue weighted by Gasteiger charge is -2.32. The van der Waals surface area contributed by atoms with Crippen LogP contribution >= 0.6 is 0 Å². The molecule has 1 N–H and O–H groups in total. The lowest BCUT2D eigenvalue weighted by atomic mass is 10.0. The minimum absolute atomic E-state index is 0.104. The molecule has 3 aromatic rings. The predicted octanol–water partition coefficient (Wildman–Crippen LogP) is 4.93. The second kappa shape index (κ2) is 14.1. The molecule has 0 spiro atoms. The summed E-state index contributed by atoms with van der Waals surface area (Å²) in [7, 11) is -3.56. The Hall–Kier alpha value is -3.65. The average Bonchev–Trinajstić information content (AvgIpc) is 2.88. The van der Waals surface area contributed by atoms with Crippen LogP contribution in [-0.2, 0) is 32.6 Å².